The van der Waals surface area contributed by atoms with E-state index < -0.39 is 26.7 Å². The minimum absolute atomic E-state index is 0.0296. The molecule has 1 atom stereocenters. The Morgan fingerprint density at radius 2 is 1.92 bits per heavy atom. The first-order valence-electron chi connectivity index (χ1n) is 6.88. The summed E-state index contributed by atoms with van der Waals surface area (Å²) in [7, 11) is 1.73. The van der Waals surface area contributed by atoms with Crippen molar-refractivity contribution in [2.75, 3.05) is 12.4 Å². The van der Waals surface area contributed by atoms with Crippen molar-refractivity contribution in [3.63, 3.8) is 0 Å². The van der Waals surface area contributed by atoms with Crippen LogP contribution in [0, 0.1) is 25.6 Å². The summed E-state index contributed by atoms with van der Waals surface area (Å²) < 4.78 is 0. The first-order chi connectivity index (χ1) is 11.0. The molecule has 0 amide bonds. The molecule has 1 aliphatic rings. The van der Waals surface area contributed by atoms with Crippen LogP contribution in [0.25, 0.3) is 0 Å². The Morgan fingerprint density at radius 3 is 2.38 bits per heavy atom. The van der Waals surface area contributed by atoms with Gasteiger partial charge in [-0.3, -0.25) is 25.2 Å². The quantitative estimate of drug-likeness (QED) is 0.628. The van der Waals surface area contributed by atoms with Crippen molar-refractivity contribution < 1.29 is 9.85 Å². The predicted octanol–water partition coefficient (Wildman–Crippen LogP) is 3.89. The van der Waals surface area contributed by atoms with Crippen LogP contribution in [0.3, 0.4) is 0 Å². The van der Waals surface area contributed by atoms with Crippen molar-refractivity contribution in [1.82, 2.24) is 5.01 Å². The normalized spacial score (nSPS) is 17.6. The molecule has 2 rings (SSSR count). The number of nitro benzene ring substituents is 2. The Morgan fingerprint density at radius 1 is 1.29 bits per heavy atom. The molecular formula is C13H16ClN5O4S. The Hall–Kier alpha value is -2.07. The molecule has 1 heterocycles. The highest BCUT2D eigenvalue weighted by Gasteiger charge is 2.34. The monoisotopic (exact) mass is 373 g/mol. The van der Waals surface area contributed by atoms with Crippen molar-refractivity contribution in [3.05, 3.63) is 37.4 Å². The smallest absolute Gasteiger partial charge is 0.300 e. The topological polar surface area (TPSA) is 114 Å². The maximum atomic E-state index is 11.3. The maximum absolute atomic E-state index is 11.3. The largest absolute Gasteiger partial charge is 0.348 e. The fourth-order valence-corrected chi connectivity index (χ4v) is 3.33. The van der Waals surface area contributed by atoms with Gasteiger partial charge < -0.3 is 5.32 Å². The highest BCUT2D eigenvalue weighted by Crippen LogP contribution is 2.40. The molecule has 0 saturated heterocycles. The number of nitrogens with zero attached hydrogens (tertiary/aromatic N) is 4. The number of rotatable bonds is 4. The van der Waals surface area contributed by atoms with Crippen molar-refractivity contribution in [2.24, 2.45) is 10.5 Å². The predicted molar refractivity (Wildman–Crippen MR) is 94.4 cm³/mol. The minimum Gasteiger partial charge on any atom is -0.348 e. The molecule has 130 valence electrons. The molecule has 0 radical (unpaired) electrons. The van der Waals surface area contributed by atoms with E-state index in [4.69, 9.17) is 11.6 Å². The lowest BCUT2D eigenvalue weighted by molar-refractivity contribution is -0.393. The second-order valence-corrected chi connectivity index (χ2v) is 7.66. The van der Waals surface area contributed by atoms with Gasteiger partial charge >= 0.3 is 5.69 Å². The lowest BCUT2D eigenvalue weighted by Crippen LogP contribution is -2.28. The third-order valence-electron chi connectivity index (χ3n) is 3.18. The fourth-order valence-electron chi connectivity index (χ4n) is 1.94. The summed E-state index contributed by atoms with van der Waals surface area (Å²) in [5, 5.41) is 31.9. The maximum Gasteiger partial charge on any atom is 0.300 e. The summed E-state index contributed by atoms with van der Waals surface area (Å²) in [5.74, 6) is 0. The van der Waals surface area contributed by atoms with Crippen LogP contribution in [0.15, 0.2) is 17.2 Å². The zero-order valence-electron chi connectivity index (χ0n) is 13.4. The van der Waals surface area contributed by atoms with E-state index in [9.17, 15) is 20.2 Å². The number of thioether (sulfide) groups is 1. The number of hydrogen-bond donors (Lipinski definition) is 1. The van der Waals surface area contributed by atoms with E-state index in [1.54, 1.807) is 12.1 Å². The van der Waals surface area contributed by atoms with Gasteiger partial charge in [-0.2, -0.15) is 5.10 Å². The van der Waals surface area contributed by atoms with Crippen LogP contribution in [0.5, 0.6) is 0 Å². The highest BCUT2D eigenvalue weighted by molar-refractivity contribution is 8.14. The average Bonchev–Trinajstić information content (AvgIpc) is 2.81. The van der Waals surface area contributed by atoms with E-state index in [0.717, 1.165) is 17.2 Å². The van der Waals surface area contributed by atoms with Gasteiger partial charge in [0.1, 0.15) is 10.7 Å². The molecule has 9 nitrogen and oxygen atoms in total. The van der Waals surface area contributed by atoms with Crippen molar-refractivity contribution in [1.29, 1.82) is 0 Å². The summed E-state index contributed by atoms with van der Waals surface area (Å²) in [6.45, 7) is 6.03. The van der Waals surface area contributed by atoms with Gasteiger partial charge in [0.25, 0.3) is 5.69 Å². The molecule has 1 aliphatic heterocycles. The number of hydrazone groups is 1. The SMILES string of the molecule is CN1N=C(C(C)(C)C)SC1Nc1c(Cl)cc([N+](=O)[O-])cc1[N+](=O)[O-]. The van der Waals surface area contributed by atoms with Crippen LogP contribution >= 0.6 is 23.4 Å². The summed E-state index contributed by atoms with van der Waals surface area (Å²) in [6.07, 6.45) is 0. The van der Waals surface area contributed by atoms with E-state index in [1.807, 2.05) is 20.8 Å². The molecule has 1 unspecified atom stereocenters. The van der Waals surface area contributed by atoms with Gasteiger partial charge in [0.2, 0.25) is 0 Å². The molecule has 0 fully saturated rings. The van der Waals surface area contributed by atoms with Crippen LogP contribution in [-0.4, -0.2) is 32.4 Å². The summed E-state index contributed by atoms with van der Waals surface area (Å²) in [6, 6.07) is 1.97. The van der Waals surface area contributed by atoms with Crippen LogP contribution in [-0.2, 0) is 0 Å². The summed E-state index contributed by atoms with van der Waals surface area (Å²) in [5.41, 5.74) is -1.43. The van der Waals surface area contributed by atoms with Gasteiger partial charge in [-0.25, -0.2) is 0 Å². The van der Waals surface area contributed by atoms with E-state index in [1.165, 1.54) is 11.8 Å². The van der Waals surface area contributed by atoms with Crippen LogP contribution < -0.4 is 5.32 Å². The highest BCUT2D eigenvalue weighted by atomic mass is 35.5. The van der Waals surface area contributed by atoms with Gasteiger partial charge in [-0.05, 0) is 0 Å². The molecular weight excluding hydrogens is 358 g/mol. The molecule has 0 aromatic heterocycles. The molecule has 1 N–H and O–H groups in total. The first kappa shape index (κ1) is 18.3. The Kier molecular flexibility index (Phi) is 4.90. The van der Waals surface area contributed by atoms with Gasteiger partial charge in [0.15, 0.2) is 5.50 Å². The van der Waals surface area contributed by atoms with Crippen molar-refractivity contribution >= 4 is 45.5 Å². The fraction of sp³-hybridized carbons (Fsp3) is 0.462. The van der Waals surface area contributed by atoms with Gasteiger partial charge in [0.05, 0.1) is 20.9 Å². The third kappa shape index (κ3) is 3.70. The Bertz CT molecular complexity index is 734. The lowest BCUT2D eigenvalue weighted by atomic mass is 9.99. The van der Waals surface area contributed by atoms with Crippen LogP contribution in [0.1, 0.15) is 20.8 Å². The Labute approximate surface area is 147 Å². The van der Waals surface area contributed by atoms with Gasteiger partial charge in [0, 0.05) is 18.5 Å². The summed E-state index contributed by atoms with van der Waals surface area (Å²) in [4.78, 5) is 20.7. The second-order valence-electron chi connectivity index (χ2n) is 6.18. The molecule has 24 heavy (non-hydrogen) atoms. The second kappa shape index (κ2) is 6.44. The minimum atomic E-state index is -0.722. The van der Waals surface area contributed by atoms with Crippen molar-refractivity contribution in [3.8, 4) is 0 Å². The molecule has 0 bridgehead atoms. The molecule has 11 heteroatoms. The van der Waals surface area contributed by atoms with E-state index >= 15 is 0 Å². The number of nitrogens with one attached hydrogen (secondary N) is 1. The molecule has 1 aromatic rings. The number of halogens is 1. The molecule has 0 saturated carbocycles. The molecule has 0 aliphatic carbocycles. The van der Waals surface area contributed by atoms with E-state index in [0.29, 0.717) is 0 Å². The van der Waals surface area contributed by atoms with Crippen LogP contribution in [0.2, 0.25) is 5.02 Å². The van der Waals surface area contributed by atoms with Crippen molar-refractivity contribution in [2.45, 2.75) is 26.3 Å². The Balaban J connectivity index is 2.34. The zero-order chi connectivity index (χ0) is 18.2. The van der Waals surface area contributed by atoms with E-state index in [-0.39, 0.29) is 16.1 Å². The first-order valence-corrected chi connectivity index (χ1v) is 8.14. The zero-order valence-corrected chi connectivity index (χ0v) is 15.0. The average molecular weight is 374 g/mol. The van der Waals surface area contributed by atoms with Gasteiger partial charge in [-0.15, -0.1) is 0 Å². The number of anilines is 1. The number of non-ortho nitro benzene ring substituents is 1. The van der Waals surface area contributed by atoms with Gasteiger partial charge in [-0.1, -0.05) is 44.1 Å². The van der Waals surface area contributed by atoms with Crippen LogP contribution in [0.4, 0.5) is 17.1 Å². The molecule has 1 aromatic carbocycles. The number of benzene rings is 1. The third-order valence-corrected chi connectivity index (χ3v) is 5.04. The number of nitro groups is 2. The molecule has 0 spiro atoms. The van der Waals surface area contributed by atoms with E-state index in [2.05, 4.69) is 10.4 Å². The number of hydrogen-bond acceptors (Lipinski definition) is 8. The summed E-state index contributed by atoms with van der Waals surface area (Å²) >= 11 is 7.45. The lowest BCUT2D eigenvalue weighted by Gasteiger charge is -2.21. The standard InChI is InChI=1S/C13H16ClN5O4S/c1-13(2,3)11-16-17(4)12(24-11)15-10-8(14)5-7(18(20)21)6-9(10)19(22)23/h5-6,12,15H,1-4H3.